The molecule has 1 aliphatic heterocycles. The summed E-state index contributed by atoms with van der Waals surface area (Å²) in [5.41, 5.74) is 1.83. The number of anilines is 1. The average molecular weight is 351 g/mol. The maximum atomic E-state index is 13.9. The summed E-state index contributed by atoms with van der Waals surface area (Å²) in [6.07, 6.45) is 1.35. The minimum Gasteiger partial charge on any atom is -0.326 e. The molecule has 1 N–H and O–H groups in total. The fraction of sp³-hybridized carbons (Fsp3) is 0.500. The second-order valence-electron chi connectivity index (χ2n) is 6.19. The van der Waals surface area contributed by atoms with Gasteiger partial charge in [-0.25, -0.2) is 9.18 Å². The molecule has 0 spiro atoms. The van der Waals surface area contributed by atoms with Gasteiger partial charge in [0.15, 0.2) is 0 Å². The highest BCUT2D eigenvalue weighted by atomic mass is 32.1. The number of amides is 2. The van der Waals surface area contributed by atoms with Gasteiger partial charge in [-0.2, -0.15) is 16.4 Å². The van der Waals surface area contributed by atoms with Gasteiger partial charge in [0.05, 0.1) is 11.4 Å². The van der Waals surface area contributed by atoms with E-state index in [0.29, 0.717) is 26.1 Å². The maximum absolute atomic E-state index is 13.9. The smallest absolute Gasteiger partial charge is 0.321 e. The summed E-state index contributed by atoms with van der Waals surface area (Å²) in [6.45, 7) is 1.53. The Morgan fingerprint density at radius 2 is 2.38 bits per heavy atom. The predicted molar refractivity (Wildman–Crippen MR) is 92.9 cm³/mol. The molecular weight excluding hydrogens is 329 g/mol. The number of aromatic nitrogens is 2. The van der Waals surface area contributed by atoms with E-state index in [1.807, 2.05) is 29.9 Å². The number of hydrogen-bond donors (Lipinski definition) is 1. The van der Waals surface area contributed by atoms with E-state index < -0.39 is 6.17 Å². The quantitative estimate of drug-likeness (QED) is 0.901. The molecule has 0 saturated carbocycles. The number of nitrogens with one attached hydrogen (secondary N) is 1. The van der Waals surface area contributed by atoms with E-state index in [2.05, 4.69) is 15.3 Å². The Bertz CT molecular complexity index is 674. The first kappa shape index (κ1) is 16.9. The molecule has 1 fully saturated rings. The SMILES string of the molecule is CN(C[C@@H]1C[C@H](F)CN1Cc1ccnn1C)C(=O)Nc1ccsc1. The van der Waals surface area contributed by atoms with Gasteiger partial charge in [0.25, 0.3) is 0 Å². The van der Waals surface area contributed by atoms with Gasteiger partial charge in [0.2, 0.25) is 0 Å². The molecule has 130 valence electrons. The second kappa shape index (κ2) is 7.31. The Hall–Kier alpha value is -1.93. The summed E-state index contributed by atoms with van der Waals surface area (Å²) < 4.78 is 15.7. The minimum absolute atomic E-state index is 0.00752. The topological polar surface area (TPSA) is 53.4 Å². The normalized spacial score (nSPS) is 21.1. The van der Waals surface area contributed by atoms with Gasteiger partial charge in [-0.3, -0.25) is 9.58 Å². The van der Waals surface area contributed by atoms with Gasteiger partial charge in [-0.1, -0.05) is 0 Å². The number of likely N-dealkylation sites (tertiary alicyclic amines) is 1. The van der Waals surface area contributed by atoms with Crippen LogP contribution in [0.25, 0.3) is 0 Å². The molecule has 0 aromatic carbocycles. The molecule has 2 aromatic heterocycles. The van der Waals surface area contributed by atoms with Crippen LogP contribution < -0.4 is 5.32 Å². The van der Waals surface area contributed by atoms with E-state index in [1.165, 1.54) is 11.3 Å². The van der Waals surface area contributed by atoms with E-state index in [1.54, 1.807) is 22.8 Å². The van der Waals surface area contributed by atoms with Crippen molar-refractivity contribution in [2.75, 3.05) is 25.5 Å². The second-order valence-corrected chi connectivity index (χ2v) is 6.97. The third-order valence-electron chi connectivity index (χ3n) is 4.37. The van der Waals surface area contributed by atoms with Gasteiger partial charge in [-0.15, -0.1) is 0 Å². The molecular formula is C16H22FN5OS. The zero-order valence-electron chi connectivity index (χ0n) is 13.9. The highest BCUT2D eigenvalue weighted by molar-refractivity contribution is 7.08. The fourth-order valence-corrected chi connectivity index (χ4v) is 3.61. The van der Waals surface area contributed by atoms with Crippen LogP contribution in [0, 0.1) is 0 Å². The van der Waals surface area contributed by atoms with Crippen molar-refractivity contribution >= 4 is 23.1 Å². The van der Waals surface area contributed by atoms with Crippen LogP contribution in [-0.2, 0) is 13.6 Å². The number of urea groups is 1. The maximum Gasteiger partial charge on any atom is 0.321 e. The van der Waals surface area contributed by atoms with Crippen molar-refractivity contribution in [3.8, 4) is 0 Å². The molecule has 3 heterocycles. The first-order valence-electron chi connectivity index (χ1n) is 7.92. The number of carbonyl (C=O) groups excluding carboxylic acids is 1. The van der Waals surface area contributed by atoms with Crippen LogP contribution in [0.2, 0.25) is 0 Å². The van der Waals surface area contributed by atoms with E-state index in [0.717, 1.165) is 11.4 Å². The number of likely N-dealkylation sites (N-methyl/N-ethyl adjacent to an activating group) is 1. The van der Waals surface area contributed by atoms with Crippen molar-refractivity contribution < 1.29 is 9.18 Å². The number of carbonyl (C=O) groups is 1. The summed E-state index contributed by atoms with van der Waals surface area (Å²) in [5.74, 6) is 0. The van der Waals surface area contributed by atoms with E-state index in [9.17, 15) is 9.18 Å². The van der Waals surface area contributed by atoms with E-state index >= 15 is 0 Å². The molecule has 2 aromatic rings. The van der Waals surface area contributed by atoms with Crippen LogP contribution in [0.3, 0.4) is 0 Å². The van der Waals surface area contributed by atoms with E-state index in [-0.39, 0.29) is 12.1 Å². The standard InChI is InChI=1S/C16H22FN5OS/c1-20(16(23)19-13-4-6-24-11-13)9-15-7-12(17)8-22(15)10-14-3-5-18-21(14)2/h3-6,11-12,15H,7-10H2,1-2H3,(H,19,23)/t12-,15-/m0/s1. The monoisotopic (exact) mass is 351 g/mol. The van der Waals surface area contributed by atoms with Crippen molar-refractivity contribution in [3.63, 3.8) is 0 Å². The summed E-state index contributed by atoms with van der Waals surface area (Å²) >= 11 is 1.53. The predicted octanol–water partition coefficient (Wildman–Crippen LogP) is 2.56. The zero-order chi connectivity index (χ0) is 17.1. The number of hydrogen-bond acceptors (Lipinski definition) is 4. The lowest BCUT2D eigenvalue weighted by Crippen LogP contribution is -2.42. The number of rotatable bonds is 5. The van der Waals surface area contributed by atoms with Crippen LogP contribution in [0.15, 0.2) is 29.1 Å². The molecule has 2 atom stereocenters. The lowest BCUT2D eigenvalue weighted by molar-refractivity contribution is 0.180. The van der Waals surface area contributed by atoms with Crippen molar-refractivity contribution in [3.05, 3.63) is 34.8 Å². The summed E-state index contributed by atoms with van der Waals surface area (Å²) in [6, 6.07) is 3.64. The molecule has 1 saturated heterocycles. The molecule has 3 rings (SSSR count). The first-order valence-corrected chi connectivity index (χ1v) is 8.86. The van der Waals surface area contributed by atoms with Gasteiger partial charge >= 0.3 is 6.03 Å². The summed E-state index contributed by atoms with van der Waals surface area (Å²) in [7, 11) is 3.63. The Kier molecular flexibility index (Phi) is 5.15. The Morgan fingerprint density at radius 3 is 3.04 bits per heavy atom. The largest absolute Gasteiger partial charge is 0.326 e. The average Bonchev–Trinajstić information content (AvgIpc) is 3.24. The van der Waals surface area contributed by atoms with Gasteiger partial charge < -0.3 is 10.2 Å². The lowest BCUT2D eigenvalue weighted by atomic mass is 10.2. The molecule has 24 heavy (non-hydrogen) atoms. The molecule has 1 aliphatic rings. The molecule has 0 aliphatic carbocycles. The number of halogens is 1. The third-order valence-corrected chi connectivity index (χ3v) is 5.05. The van der Waals surface area contributed by atoms with Crippen LogP contribution in [0.5, 0.6) is 0 Å². The highest BCUT2D eigenvalue weighted by Gasteiger charge is 2.33. The van der Waals surface area contributed by atoms with Crippen molar-refractivity contribution in [1.29, 1.82) is 0 Å². The van der Waals surface area contributed by atoms with Crippen LogP contribution in [0.1, 0.15) is 12.1 Å². The van der Waals surface area contributed by atoms with Gasteiger partial charge in [0.1, 0.15) is 6.17 Å². The molecule has 6 nitrogen and oxygen atoms in total. The summed E-state index contributed by atoms with van der Waals surface area (Å²) in [4.78, 5) is 16.0. The van der Waals surface area contributed by atoms with Gasteiger partial charge in [-0.05, 0) is 23.9 Å². The number of alkyl halides is 1. The van der Waals surface area contributed by atoms with Crippen molar-refractivity contribution in [2.24, 2.45) is 7.05 Å². The highest BCUT2D eigenvalue weighted by Crippen LogP contribution is 2.23. The third kappa shape index (κ3) is 3.93. The lowest BCUT2D eigenvalue weighted by Gasteiger charge is -2.28. The van der Waals surface area contributed by atoms with Crippen LogP contribution in [-0.4, -0.2) is 58.0 Å². The molecule has 8 heteroatoms. The molecule has 0 radical (unpaired) electrons. The Balaban J connectivity index is 1.59. The molecule has 0 bridgehead atoms. The number of thiophene rings is 1. The minimum atomic E-state index is -0.850. The molecule has 2 amide bonds. The van der Waals surface area contributed by atoms with E-state index in [4.69, 9.17) is 0 Å². The van der Waals surface area contributed by atoms with Crippen LogP contribution in [0.4, 0.5) is 14.9 Å². The Labute approximate surface area is 144 Å². The number of aryl methyl sites for hydroxylation is 1. The van der Waals surface area contributed by atoms with Crippen LogP contribution >= 0.6 is 11.3 Å². The summed E-state index contributed by atoms with van der Waals surface area (Å²) in [5, 5.41) is 10.8. The molecule has 0 unspecified atom stereocenters. The van der Waals surface area contributed by atoms with Crippen molar-refractivity contribution in [1.82, 2.24) is 19.6 Å². The fourth-order valence-electron chi connectivity index (χ4n) is 3.02. The Morgan fingerprint density at radius 1 is 1.54 bits per heavy atom. The zero-order valence-corrected chi connectivity index (χ0v) is 14.7. The first-order chi connectivity index (χ1) is 11.5. The van der Waals surface area contributed by atoms with Gasteiger partial charge in [0, 0.05) is 51.3 Å². The number of nitrogens with zero attached hydrogens (tertiary/aromatic N) is 4. The van der Waals surface area contributed by atoms with Crippen molar-refractivity contribution in [2.45, 2.75) is 25.2 Å².